The Bertz CT molecular complexity index is 543. The number of benzene rings is 1. The van der Waals surface area contributed by atoms with Crippen LogP contribution in [0.2, 0.25) is 5.02 Å². The minimum Gasteiger partial charge on any atom is -0.495 e. The van der Waals surface area contributed by atoms with Crippen molar-refractivity contribution in [2.45, 2.75) is 18.7 Å². The van der Waals surface area contributed by atoms with Crippen molar-refractivity contribution in [2.75, 3.05) is 20.3 Å². The fraction of sp³-hybridized carbons (Fsp3) is 0.500. The first kappa shape index (κ1) is 16.2. The van der Waals surface area contributed by atoms with Crippen LogP contribution in [0.1, 0.15) is 13.8 Å². The molecule has 1 aromatic rings. The molecule has 19 heavy (non-hydrogen) atoms. The second kappa shape index (κ2) is 6.09. The molecule has 0 saturated heterocycles. The Morgan fingerprint density at radius 3 is 2.53 bits per heavy atom. The molecule has 2 N–H and O–H groups in total. The summed E-state index contributed by atoms with van der Waals surface area (Å²) in [6.07, 6.45) is 0. The summed E-state index contributed by atoms with van der Waals surface area (Å²) in [5.41, 5.74) is -0.524. The number of halogens is 1. The Labute approximate surface area is 118 Å². The molecule has 0 aliphatic heterocycles. The van der Waals surface area contributed by atoms with Crippen LogP contribution in [0.5, 0.6) is 5.75 Å². The number of rotatable bonds is 6. The number of aliphatic hydroxyl groups is 1. The third-order valence-electron chi connectivity index (χ3n) is 2.60. The highest BCUT2D eigenvalue weighted by molar-refractivity contribution is 7.89. The maximum Gasteiger partial charge on any atom is 0.240 e. The lowest BCUT2D eigenvalue weighted by Crippen LogP contribution is -2.36. The number of sulfonamides is 1. The maximum absolute atomic E-state index is 12.1. The number of hydrogen-bond donors (Lipinski definition) is 2. The normalized spacial score (nSPS) is 12.5. The summed E-state index contributed by atoms with van der Waals surface area (Å²) in [7, 11) is -2.20. The van der Waals surface area contributed by atoms with Crippen molar-refractivity contribution in [3.63, 3.8) is 0 Å². The number of nitrogens with one attached hydrogen (secondary N) is 1. The lowest BCUT2D eigenvalue weighted by molar-refractivity contribution is 0.163. The van der Waals surface area contributed by atoms with Crippen LogP contribution in [0, 0.1) is 5.41 Å². The van der Waals surface area contributed by atoms with Gasteiger partial charge in [0.2, 0.25) is 10.0 Å². The van der Waals surface area contributed by atoms with E-state index in [1.54, 1.807) is 13.8 Å². The molecule has 7 heteroatoms. The van der Waals surface area contributed by atoms with Gasteiger partial charge in [-0.1, -0.05) is 25.4 Å². The largest absolute Gasteiger partial charge is 0.495 e. The zero-order chi connectivity index (χ0) is 14.7. The third-order valence-corrected chi connectivity index (χ3v) is 4.30. The van der Waals surface area contributed by atoms with E-state index in [-0.39, 0.29) is 23.1 Å². The summed E-state index contributed by atoms with van der Waals surface area (Å²) in [5.74, 6) is 0.413. The topological polar surface area (TPSA) is 75.6 Å². The Balaban J connectivity index is 2.92. The van der Waals surface area contributed by atoms with Gasteiger partial charge in [-0.2, -0.15) is 0 Å². The summed E-state index contributed by atoms with van der Waals surface area (Å²) >= 11 is 5.90. The molecule has 0 atom stereocenters. The van der Waals surface area contributed by atoms with Crippen molar-refractivity contribution in [3.8, 4) is 5.75 Å². The lowest BCUT2D eigenvalue weighted by atomic mass is 9.96. The smallest absolute Gasteiger partial charge is 0.240 e. The van der Waals surface area contributed by atoms with Crippen LogP contribution in [-0.2, 0) is 10.0 Å². The van der Waals surface area contributed by atoms with Gasteiger partial charge in [-0.25, -0.2) is 13.1 Å². The highest BCUT2D eigenvalue weighted by atomic mass is 35.5. The summed E-state index contributed by atoms with van der Waals surface area (Å²) in [6, 6.07) is 4.24. The minimum atomic E-state index is -3.65. The van der Waals surface area contributed by atoms with Gasteiger partial charge in [0.25, 0.3) is 0 Å². The third kappa shape index (κ3) is 4.35. The fourth-order valence-corrected chi connectivity index (χ4v) is 2.83. The van der Waals surface area contributed by atoms with Gasteiger partial charge < -0.3 is 9.84 Å². The molecular weight excluding hydrogens is 290 g/mol. The first-order chi connectivity index (χ1) is 8.72. The highest BCUT2D eigenvalue weighted by Crippen LogP contribution is 2.27. The molecule has 1 aromatic carbocycles. The van der Waals surface area contributed by atoms with E-state index in [0.717, 1.165) is 0 Å². The molecule has 0 unspecified atom stereocenters. The van der Waals surface area contributed by atoms with Gasteiger partial charge in [0.15, 0.2) is 0 Å². The Hall–Kier alpha value is -0.820. The molecule has 0 radical (unpaired) electrons. The standard InChI is InChI=1S/C12H18ClNO4S/c1-12(2,8-15)7-14-19(16,17)9-4-5-11(18-3)10(13)6-9/h4-6,14-15H,7-8H2,1-3H3. The molecule has 0 bridgehead atoms. The van der Waals surface area contributed by atoms with Gasteiger partial charge in [-0.05, 0) is 18.2 Å². The molecule has 108 valence electrons. The first-order valence-corrected chi connectivity index (χ1v) is 7.52. The van der Waals surface area contributed by atoms with Gasteiger partial charge in [-0.15, -0.1) is 0 Å². The predicted octanol–water partition coefficient (Wildman–Crippen LogP) is 1.65. The van der Waals surface area contributed by atoms with Gasteiger partial charge in [0.05, 0.1) is 17.0 Å². The molecule has 0 heterocycles. The van der Waals surface area contributed by atoms with Crippen molar-refractivity contribution in [3.05, 3.63) is 23.2 Å². The summed E-state index contributed by atoms with van der Waals surface area (Å²) in [4.78, 5) is 0.0621. The Morgan fingerprint density at radius 1 is 1.42 bits per heavy atom. The van der Waals surface area contributed by atoms with E-state index in [1.807, 2.05) is 0 Å². The van der Waals surface area contributed by atoms with Gasteiger partial charge in [0.1, 0.15) is 5.75 Å². The van der Waals surface area contributed by atoms with Crippen molar-refractivity contribution in [1.82, 2.24) is 4.72 Å². The van der Waals surface area contributed by atoms with E-state index in [2.05, 4.69) is 4.72 Å². The second-order valence-electron chi connectivity index (χ2n) is 4.94. The van der Waals surface area contributed by atoms with Crippen LogP contribution in [-0.4, -0.2) is 33.8 Å². The van der Waals surface area contributed by atoms with Crippen molar-refractivity contribution >= 4 is 21.6 Å². The predicted molar refractivity (Wildman–Crippen MR) is 74.1 cm³/mol. The zero-order valence-electron chi connectivity index (χ0n) is 11.1. The monoisotopic (exact) mass is 307 g/mol. The van der Waals surface area contributed by atoms with Gasteiger partial charge in [-0.3, -0.25) is 0 Å². The molecule has 5 nitrogen and oxygen atoms in total. The SMILES string of the molecule is COc1ccc(S(=O)(=O)NCC(C)(C)CO)cc1Cl. The Morgan fingerprint density at radius 2 is 2.05 bits per heavy atom. The minimum absolute atomic E-state index is 0.0621. The summed E-state index contributed by atoms with van der Waals surface area (Å²) in [6.45, 7) is 3.54. The van der Waals surface area contributed by atoms with E-state index < -0.39 is 15.4 Å². The van der Waals surface area contributed by atoms with Crippen molar-refractivity contribution in [2.24, 2.45) is 5.41 Å². The first-order valence-electron chi connectivity index (χ1n) is 5.66. The van der Waals surface area contributed by atoms with Crippen LogP contribution in [0.3, 0.4) is 0 Å². The van der Waals surface area contributed by atoms with Crippen LogP contribution in [0.25, 0.3) is 0 Å². The van der Waals surface area contributed by atoms with Gasteiger partial charge in [0, 0.05) is 18.6 Å². The van der Waals surface area contributed by atoms with Crippen LogP contribution in [0.4, 0.5) is 0 Å². The zero-order valence-corrected chi connectivity index (χ0v) is 12.7. The van der Waals surface area contributed by atoms with Crippen molar-refractivity contribution < 1.29 is 18.3 Å². The van der Waals surface area contributed by atoms with Crippen LogP contribution < -0.4 is 9.46 Å². The van der Waals surface area contributed by atoms with E-state index in [0.29, 0.717) is 5.75 Å². The van der Waals surface area contributed by atoms with E-state index in [1.165, 1.54) is 25.3 Å². The van der Waals surface area contributed by atoms with E-state index in [4.69, 9.17) is 21.4 Å². The maximum atomic E-state index is 12.1. The number of methoxy groups -OCH3 is 1. The van der Waals surface area contributed by atoms with E-state index in [9.17, 15) is 8.42 Å². The molecular formula is C12H18ClNO4S. The molecule has 0 aliphatic rings. The molecule has 0 aliphatic carbocycles. The van der Waals surface area contributed by atoms with Crippen molar-refractivity contribution in [1.29, 1.82) is 0 Å². The average Bonchev–Trinajstić information content (AvgIpc) is 2.36. The number of hydrogen-bond acceptors (Lipinski definition) is 4. The van der Waals surface area contributed by atoms with Crippen LogP contribution >= 0.6 is 11.6 Å². The quantitative estimate of drug-likeness (QED) is 0.838. The molecule has 0 aromatic heterocycles. The lowest BCUT2D eigenvalue weighted by Gasteiger charge is -2.21. The number of ether oxygens (including phenoxy) is 1. The fourth-order valence-electron chi connectivity index (χ4n) is 1.24. The average molecular weight is 308 g/mol. The molecule has 0 saturated carbocycles. The highest BCUT2D eigenvalue weighted by Gasteiger charge is 2.22. The second-order valence-corrected chi connectivity index (χ2v) is 7.12. The molecule has 1 rings (SSSR count). The summed E-state index contributed by atoms with van der Waals surface area (Å²) in [5, 5.41) is 9.33. The molecule has 0 fully saturated rings. The van der Waals surface area contributed by atoms with Crippen LogP contribution in [0.15, 0.2) is 23.1 Å². The summed E-state index contributed by atoms with van der Waals surface area (Å²) < 4.78 is 31.5. The molecule has 0 amide bonds. The molecule has 0 spiro atoms. The van der Waals surface area contributed by atoms with E-state index >= 15 is 0 Å². The number of aliphatic hydroxyl groups excluding tert-OH is 1. The Kier molecular flexibility index (Phi) is 5.20. The van der Waals surface area contributed by atoms with Gasteiger partial charge >= 0.3 is 0 Å².